The molecule has 0 unspecified atom stereocenters. The lowest BCUT2D eigenvalue weighted by Gasteiger charge is -2.29. The molecule has 0 aliphatic carbocycles. The summed E-state index contributed by atoms with van der Waals surface area (Å²) in [5, 5.41) is 10.4. The second-order valence-electron chi connectivity index (χ2n) is 10.8. The summed E-state index contributed by atoms with van der Waals surface area (Å²) in [6, 6.07) is 6.27. The van der Waals surface area contributed by atoms with Crippen molar-refractivity contribution < 1.29 is 41.4 Å². The summed E-state index contributed by atoms with van der Waals surface area (Å²) in [5.41, 5.74) is 6.81. The third-order valence-electron chi connectivity index (χ3n) is 7.62. The average Bonchev–Trinajstić information content (AvgIpc) is 3.39. The lowest BCUT2D eigenvalue weighted by molar-refractivity contribution is -0.135. The minimum Gasteiger partial charge on any atom is -0.480 e. The highest BCUT2D eigenvalue weighted by molar-refractivity contribution is 5.96. The van der Waals surface area contributed by atoms with Crippen LogP contribution in [0.4, 0.5) is 27.6 Å². The lowest BCUT2D eigenvalue weighted by Crippen LogP contribution is -2.36. The Morgan fingerprint density at radius 3 is 2.13 bits per heavy atom. The fourth-order valence-corrected chi connectivity index (χ4v) is 5.08. The number of nitrogens with zero attached hydrogens (tertiary/aromatic N) is 4. The van der Waals surface area contributed by atoms with E-state index in [1.54, 1.807) is 9.47 Å². The molecule has 10 nitrogen and oxygen atoms in total. The summed E-state index contributed by atoms with van der Waals surface area (Å²) >= 11 is 0. The van der Waals surface area contributed by atoms with Crippen LogP contribution >= 0.6 is 0 Å². The van der Waals surface area contributed by atoms with Crippen LogP contribution < -0.4 is 15.8 Å². The quantitative estimate of drug-likeness (QED) is 0.396. The standard InChI is InChI=1S/C17H21N3O.C13H14F2N2O4.CHF3/c1-10-6-7-13(15-9-19(4)8-14(10)15)16-17(21)20(5)12(3)11(2)18-16;14-9-5-8(17-1-3-21-4-2-17)6-10(15)12(9)13(20)16-7-11(18)19;2-1(3)4/h6-7H,8-9H2,1-5H3;5-6H,1-4,7H2,(H,16,20)(H,18,19);1H. The monoisotopic (exact) mass is 653 g/mol. The van der Waals surface area contributed by atoms with Crippen molar-refractivity contribution >= 4 is 17.6 Å². The summed E-state index contributed by atoms with van der Waals surface area (Å²) in [7, 11) is 3.92. The number of halogens is 5. The Hall–Kier alpha value is -4.37. The molecular formula is C31H36F5N5O5. The number of nitrogens with one attached hydrogen (secondary N) is 1. The highest BCUT2D eigenvalue weighted by Gasteiger charge is 2.24. The van der Waals surface area contributed by atoms with Crippen LogP contribution in [0.3, 0.4) is 0 Å². The molecule has 3 aromatic rings. The molecule has 1 fully saturated rings. The Balaban J connectivity index is 0.000000225. The van der Waals surface area contributed by atoms with Crippen LogP contribution in [0.2, 0.25) is 0 Å². The highest BCUT2D eigenvalue weighted by Crippen LogP contribution is 2.32. The van der Waals surface area contributed by atoms with Crippen molar-refractivity contribution in [3.05, 3.63) is 79.9 Å². The summed E-state index contributed by atoms with van der Waals surface area (Å²) in [6.07, 6.45) is 0. The van der Waals surface area contributed by atoms with Gasteiger partial charge in [0.2, 0.25) is 0 Å². The van der Waals surface area contributed by atoms with E-state index in [4.69, 9.17) is 9.84 Å². The molecule has 2 N–H and O–H groups in total. The van der Waals surface area contributed by atoms with E-state index in [0.717, 1.165) is 42.2 Å². The number of alkyl halides is 3. The van der Waals surface area contributed by atoms with E-state index in [9.17, 15) is 36.3 Å². The molecule has 46 heavy (non-hydrogen) atoms. The molecule has 0 radical (unpaired) electrons. The number of anilines is 1. The van der Waals surface area contributed by atoms with Gasteiger partial charge in [-0.25, -0.2) is 13.8 Å². The number of fused-ring (bicyclic) bond motifs is 1. The second kappa shape index (κ2) is 15.8. The number of rotatable bonds is 5. The van der Waals surface area contributed by atoms with Crippen LogP contribution in [-0.4, -0.2) is 78.0 Å². The van der Waals surface area contributed by atoms with Gasteiger partial charge in [-0.3, -0.25) is 19.3 Å². The number of amides is 1. The Morgan fingerprint density at radius 2 is 1.57 bits per heavy atom. The van der Waals surface area contributed by atoms with Crippen molar-refractivity contribution in [2.45, 2.75) is 40.5 Å². The minimum absolute atomic E-state index is 0.0151. The van der Waals surface area contributed by atoms with E-state index in [-0.39, 0.29) is 5.56 Å². The van der Waals surface area contributed by atoms with Gasteiger partial charge in [0.05, 0.1) is 18.9 Å². The molecule has 2 aromatic carbocycles. The number of hydrogen-bond donors (Lipinski definition) is 2. The number of ether oxygens (including phenoxy) is 1. The smallest absolute Gasteiger partial charge is 0.379 e. The van der Waals surface area contributed by atoms with Crippen LogP contribution in [0.15, 0.2) is 29.1 Å². The zero-order valence-corrected chi connectivity index (χ0v) is 26.1. The van der Waals surface area contributed by atoms with Gasteiger partial charge in [0.1, 0.15) is 29.4 Å². The van der Waals surface area contributed by atoms with Gasteiger partial charge in [-0.15, -0.1) is 0 Å². The van der Waals surface area contributed by atoms with Crippen molar-refractivity contribution in [3.63, 3.8) is 0 Å². The molecule has 1 saturated heterocycles. The van der Waals surface area contributed by atoms with Crippen molar-refractivity contribution in [2.24, 2.45) is 7.05 Å². The van der Waals surface area contributed by atoms with Crippen LogP contribution in [0, 0.1) is 32.4 Å². The van der Waals surface area contributed by atoms with Gasteiger partial charge in [-0.05, 0) is 56.6 Å². The molecule has 0 bridgehead atoms. The van der Waals surface area contributed by atoms with E-state index < -0.39 is 42.3 Å². The molecule has 2 aliphatic rings. The maximum atomic E-state index is 13.9. The number of aliphatic carboxylic acids is 1. The van der Waals surface area contributed by atoms with Crippen molar-refractivity contribution in [3.8, 4) is 11.3 Å². The maximum Gasteiger partial charge on any atom is 0.379 e. The largest absolute Gasteiger partial charge is 0.480 e. The van der Waals surface area contributed by atoms with Crippen LogP contribution in [0.1, 0.15) is 38.4 Å². The Bertz CT molecular complexity index is 1620. The molecule has 250 valence electrons. The van der Waals surface area contributed by atoms with Crippen molar-refractivity contribution in [2.75, 3.05) is 44.8 Å². The van der Waals surface area contributed by atoms with Crippen LogP contribution in [0.25, 0.3) is 11.3 Å². The Kier molecular flexibility index (Phi) is 12.4. The van der Waals surface area contributed by atoms with E-state index in [1.165, 1.54) is 16.7 Å². The van der Waals surface area contributed by atoms with Gasteiger partial charge >= 0.3 is 12.6 Å². The van der Waals surface area contributed by atoms with Gasteiger partial charge in [0.25, 0.3) is 11.5 Å². The predicted octanol–water partition coefficient (Wildman–Crippen LogP) is 4.11. The molecule has 15 heteroatoms. The molecule has 2 aliphatic heterocycles. The Labute approximate surface area is 262 Å². The number of hydrogen-bond acceptors (Lipinski definition) is 7. The van der Waals surface area contributed by atoms with Gasteiger partial charge in [-0.2, -0.15) is 13.2 Å². The molecule has 1 amide bonds. The number of carboxylic acids is 1. The van der Waals surface area contributed by atoms with Gasteiger partial charge in [0.15, 0.2) is 0 Å². The topological polar surface area (TPSA) is 117 Å². The number of aryl methyl sites for hydroxylation is 2. The minimum atomic E-state index is -3.67. The lowest BCUT2D eigenvalue weighted by atomic mass is 9.97. The molecular weight excluding hydrogens is 617 g/mol. The van der Waals surface area contributed by atoms with E-state index >= 15 is 0 Å². The van der Waals surface area contributed by atoms with Crippen molar-refractivity contribution in [1.29, 1.82) is 0 Å². The van der Waals surface area contributed by atoms with E-state index in [2.05, 4.69) is 29.9 Å². The third kappa shape index (κ3) is 8.88. The summed E-state index contributed by atoms with van der Waals surface area (Å²) in [4.78, 5) is 43.1. The van der Waals surface area contributed by atoms with Gasteiger partial charge in [0, 0.05) is 50.2 Å². The zero-order valence-electron chi connectivity index (χ0n) is 26.1. The first-order valence-electron chi connectivity index (χ1n) is 14.2. The number of carbonyl (C=O) groups is 2. The van der Waals surface area contributed by atoms with Crippen molar-refractivity contribution in [1.82, 2.24) is 19.8 Å². The predicted molar refractivity (Wildman–Crippen MR) is 161 cm³/mol. The summed E-state index contributed by atoms with van der Waals surface area (Å²) in [6.45, 7) is 5.40. The SMILES string of the molecule is Cc1ccc(-c2nc(C)c(C)n(C)c2=O)c2c1CN(C)C2.FC(F)F.O=C(O)CNC(=O)c1c(F)cc(N2CCOCC2)cc1F. The number of benzene rings is 2. The van der Waals surface area contributed by atoms with E-state index in [0.29, 0.717) is 37.7 Å². The van der Waals surface area contributed by atoms with Crippen LogP contribution in [-0.2, 0) is 29.7 Å². The summed E-state index contributed by atoms with van der Waals surface area (Å²) < 4.78 is 63.7. The number of morpholine rings is 1. The highest BCUT2D eigenvalue weighted by atomic mass is 19.4. The molecule has 3 heterocycles. The maximum absolute atomic E-state index is 13.9. The van der Waals surface area contributed by atoms with Crippen LogP contribution in [0.5, 0.6) is 0 Å². The van der Waals surface area contributed by atoms with E-state index in [1.807, 2.05) is 32.3 Å². The number of carboxylic acid groups (broad SMARTS) is 1. The second-order valence-corrected chi connectivity index (χ2v) is 10.8. The van der Waals surface area contributed by atoms with Gasteiger partial charge < -0.3 is 24.6 Å². The number of carbonyl (C=O) groups excluding carboxylic acids is 1. The first kappa shape index (κ1) is 36.1. The third-order valence-corrected chi connectivity index (χ3v) is 7.62. The first-order valence-corrected chi connectivity index (χ1v) is 14.2. The number of aromatic nitrogens is 2. The summed E-state index contributed by atoms with van der Waals surface area (Å²) in [5.74, 6) is -4.45. The zero-order chi connectivity index (χ0) is 34.3. The molecule has 0 atom stereocenters. The molecule has 0 spiro atoms. The molecule has 0 saturated carbocycles. The average molecular weight is 654 g/mol. The first-order chi connectivity index (χ1) is 21.6. The molecule has 1 aromatic heterocycles. The fraction of sp³-hybridized carbons (Fsp3) is 0.419. The fourth-order valence-electron chi connectivity index (χ4n) is 5.08. The normalized spacial score (nSPS) is 14.2. The molecule has 5 rings (SSSR count). The van der Waals surface area contributed by atoms with Gasteiger partial charge in [-0.1, -0.05) is 12.1 Å². The Morgan fingerprint density at radius 1 is 1.00 bits per heavy atom.